The van der Waals surface area contributed by atoms with Gasteiger partial charge in [-0.05, 0) is 37.5 Å². The predicted octanol–water partition coefficient (Wildman–Crippen LogP) is 2.87. The van der Waals surface area contributed by atoms with Gasteiger partial charge in [0.25, 0.3) is 0 Å². The highest BCUT2D eigenvalue weighted by Gasteiger charge is 2.28. The van der Waals surface area contributed by atoms with Gasteiger partial charge < -0.3 is 19.7 Å². The van der Waals surface area contributed by atoms with Crippen LogP contribution in [-0.4, -0.2) is 64.2 Å². The van der Waals surface area contributed by atoms with Crippen LogP contribution in [0.2, 0.25) is 0 Å². The zero-order valence-electron chi connectivity index (χ0n) is 21.3. The van der Waals surface area contributed by atoms with Gasteiger partial charge in [-0.25, -0.2) is 8.42 Å². The molecule has 10 heteroatoms. The summed E-state index contributed by atoms with van der Waals surface area (Å²) < 4.78 is 37.5. The lowest BCUT2D eigenvalue weighted by Gasteiger charge is -2.31. The van der Waals surface area contributed by atoms with Crippen molar-refractivity contribution < 1.29 is 27.5 Å². The lowest BCUT2D eigenvalue weighted by atomic mass is 10.1. The second kappa shape index (κ2) is 12.1. The minimum Gasteiger partial charge on any atom is -0.486 e. The quantitative estimate of drug-likeness (QED) is 0.492. The number of aryl methyl sites for hydroxylation is 1. The highest BCUT2D eigenvalue weighted by Crippen LogP contribution is 2.34. The Morgan fingerprint density at radius 3 is 2.44 bits per heavy atom. The molecule has 0 bridgehead atoms. The van der Waals surface area contributed by atoms with Crippen molar-refractivity contribution in [3.05, 3.63) is 53.6 Å². The summed E-state index contributed by atoms with van der Waals surface area (Å²) in [6.07, 6.45) is 1.98. The third-order valence-corrected chi connectivity index (χ3v) is 7.23. The van der Waals surface area contributed by atoms with Crippen LogP contribution in [0.25, 0.3) is 0 Å². The molecule has 0 aromatic heterocycles. The third-order valence-electron chi connectivity index (χ3n) is 6.03. The number of benzene rings is 2. The number of ether oxygens (including phenoxy) is 2. The Labute approximate surface area is 213 Å². The molecule has 0 aliphatic carbocycles. The van der Waals surface area contributed by atoms with E-state index < -0.39 is 16.1 Å². The molecule has 3 rings (SSSR count). The summed E-state index contributed by atoms with van der Waals surface area (Å²) in [5.41, 5.74) is 2.44. The van der Waals surface area contributed by atoms with Gasteiger partial charge in [0.05, 0.1) is 11.9 Å². The Morgan fingerprint density at radius 1 is 1.08 bits per heavy atom. The summed E-state index contributed by atoms with van der Waals surface area (Å²) in [7, 11) is -2.05. The van der Waals surface area contributed by atoms with Crippen LogP contribution in [0.3, 0.4) is 0 Å². The predicted molar refractivity (Wildman–Crippen MR) is 139 cm³/mol. The average Bonchev–Trinajstić information content (AvgIpc) is 2.85. The normalized spacial score (nSPS) is 13.6. The van der Waals surface area contributed by atoms with Crippen LogP contribution in [0.1, 0.15) is 37.3 Å². The number of nitrogens with zero attached hydrogens (tertiary/aromatic N) is 2. The Balaban J connectivity index is 1.75. The van der Waals surface area contributed by atoms with E-state index in [1.165, 1.54) is 4.31 Å². The minimum atomic E-state index is -3.61. The molecular weight excluding hydrogens is 482 g/mol. The van der Waals surface area contributed by atoms with Crippen molar-refractivity contribution in [2.45, 2.75) is 45.7 Å². The van der Waals surface area contributed by atoms with Crippen molar-refractivity contribution >= 4 is 27.5 Å². The van der Waals surface area contributed by atoms with Crippen LogP contribution in [0, 0.1) is 6.92 Å². The fourth-order valence-corrected chi connectivity index (χ4v) is 5.24. The Hall–Kier alpha value is -3.27. The maximum absolute atomic E-state index is 13.4. The molecule has 0 spiro atoms. The molecule has 1 heterocycles. The lowest BCUT2D eigenvalue weighted by Crippen LogP contribution is -2.48. The number of anilines is 1. The number of carbonyl (C=O) groups excluding carboxylic acids is 2. The number of fused-ring (bicyclic) bond motifs is 1. The van der Waals surface area contributed by atoms with Gasteiger partial charge in [-0.3, -0.25) is 13.9 Å². The van der Waals surface area contributed by atoms with E-state index in [-0.39, 0.29) is 31.2 Å². The number of rotatable bonds is 11. The molecule has 0 saturated carbocycles. The van der Waals surface area contributed by atoms with Gasteiger partial charge in [0.1, 0.15) is 19.3 Å². The SMILES string of the molecule is CC[C@@H](C(=O)NC)N(Cc1cccc(C)c1)C(=O)CCCN(c1ccc2c(c1)OCCO2)S(C)(=O)=O. The van der Waals surface area contributed by atoms with Gasteiger partial charge in [0.15, 0.2) is 11.5 Å². The first-order chi connectivity index (χ1) is 17.1. The molecule has 196 valence electrons. The van der Waals surface area contributed by atoms with Gasteiger partial charge >= 0.3 is 0 Å². The maximum Gasteiger partial charge on any atom is 0.242 e. The van der Waals surface area contributed by atoms with E-state index in [9.17, 15) is 18.0 Å². The number of sulfonamides is 1. The van der Waals surface area contributed by atoms with Crippen molar-refractivity contribution in [3.8, 4) is 11.5 Å². The van der Waals surface area contributed by atoms with Crippen molar-refractivity contribution in [2.24, 2.45) is 0 Å². The molecule has 1 atom stereocenters. The van der Waals surface area contributed by atoms with Gasteiger partial charge in [0, 0.05) is 32.6 Å². The largest absolute Gasteiger partial charge is 0.486 e. The molecule has 0 fully saturated rings. The van der Waals surface area contributed by atoms with Crippen LogP contribution >= 0.6 is 0 Å². The smallest absolute Gasteiger partial charge is 0.242 e. The number of hydrogen-bond donors (Lipinski definition) is 1. The third kappa shape index (κ3) is 6.90. The molecule has 1 aliphatic rings. The van der Waals surface area contributed by atoms with E-state index in [0.717, 1.165) is 17.4 Å². The number of hydrogen-bond acceptors (Lipinski definition) is 6. The molecule has 9 nitrogen and oxygen atoms in total. The average molecular weight is 518 g/mol. The summed E-state index contributed by atoms with van der Waals surface area (Å²) in [5.74, 6) is 0.625. The Kier molecular flexibility index (Phi) is 9.19. The van der Waals surface area contributed by atoms with E-state index in [1.54, 1.807) is 30.1 Å². The second-order valence-corrected chi connectivity index (χ2v) is 10.7. The first-order valence-electron chi connectivity index (χ1n) is 12.1. The molecule has 0 radical (unpaired) electrons. The molecule has 2 aromatic rings. The molecule has 36 heavy (non-hydrogen) atoms. The topological polar surface area (TPSA) is 105 Å². The fraction of sp³-hybridized carbons (Fsp3) is 0.462. The second-order valence-electron chi connectivity index (χ2n) is 8.82. The summed E-state index contributed by atoms with van der Waals surface area (Å²) >= 11 is 0. The molecule has 1 aliphatic heterocycles. The van der Waals surface area contributed by atoms with Gasteiger partial charge in [-0.1, -0.05) is 36.8 Å². The van der Waals surface area contributed by atoms with E-state index in [1.807, 2.05) is 38.1 Å². The summed E-state index contributed by atoms with van der Waals surface area (Å²) in [6, 6.07) is 12.2. The van der Waals surface area contributed by atoms with E-state index in [0.29, 0.717) is 43.4 Å². The lowest BCUT2D eigenvalue weighted by molar-refractivity contribution is -0.141. The van der Waals surface area contributed by atoms with Crippen LogP contribution in [0.5, 0.6) is 11.5 Å². The molecule has 0 saturated heterocycles. The van der Waals surface area contributed by atoms with E-state index in [4.69, 9.17) is 9.47 Å². The van der Waals surface area contributed by atoms with E-state index in [2.05, 4.69) is 5.32 Å². The number of amides is 2. The van der Waals surface area contributed by atoms with Gasteiger partial charge in [-0.15, -0.1) is 0 Å². The number of carbonyl (C=O) groups is 2. The minimum absolute atomic E-state index is 0.0931. The maximum atomic E-state index is 13.4. The first kappa shape index (κ1) is 27.3. The van der Waals surface area contributed by atoms with Crippen molar-refractivity contribution in [1.29, 1.82) is 0 Å². The summed E-state index contributed by atoms with van der Waals surface area (Å²) in [6.45, 7) is 5.08. The number of nitrogens with one attached hydrogen (secondary N) is 1. The summed E-state index contributed by atoms with van der Waals surface area (Å²) in [4.78, 5) is 27.5. The van der Waals surface area contributed by atoms with Gasteiger partial charge in [-0.2, -0.15) is 0 Å². The molecule has 2 aromatic carbocycles. The zero-order valence-corrected chi connectivity index (χ0v) is 22.1. The molecule has 2 amide bonds. The zero-order chi connectivity index (χ0) is 26.3. The number of likely N-dealkylation sites (N-methyl/N-ethyl adjacent to an activating group) is 1. The highest BCUT2D eigenvalue weighted by atomic mass is 32.2. The standard InChI is InChI=1S/C26H35N3O6S/c1-5-22(26(31)27-3)28(18-20-9-6-8-19(2)16-20)25(30)10-7-13-29(36(4,32)33)21-11-12-23-24(17-21)35-15-14-34-23/h6,8-9,11-12,16-17,22H,5,7,10,13-15,18H2,1-4H3,(H,27,31)/t22-/m0/s1. The molecule has 0 unspecified atom stereocenters. The highest BCUT2D eigenvalue weighted by molar-refractivity contribution is 7.92. The van der Waals surface area contributed by atoms with Crippen molar-refractivity contribution in [1.82, 2.24) is 10.2 Å². The van der Waals surface area contributed by atoms with E-state index >= 15 is 0 Å². The molecular formula is C26H35N3O6S. The fourth-order valence-electron chi connectivity index (χ4n) is 4.28. The monoisotopic (exact) mass is 517 g/mol. The summed E-state index contributed by atoms with van der Waals surface area (Å²) in [5, 5.41) is 2.65. The van der Waals surface area contributed by atoms with Crippen LogP contribution in [-0.2, 0) is 26.2 Å². The first-order valence-corrected chi connectivity index (χ1v) is 13.9. The Bertz CT molecular complexity index is 1180. The molecule has 1 N–H and O–H groups in total. The van der Waals surface area contributed by atoms with Crippen molar-refractivity contribution in [2.75, 3.05) is 37.4 Å². The van der Waals surface area contributed by atoms with Crippen LogP contribution in [0.15, 0.2) is 42.5 Å². The van der Waals surface area contributed by atoms with Gasteiger partial charge in [0.2, 0.25) is 21.8 Å². The Morgan fingerprint density at radius 2 is 1.81 bits per heavy atom. The van der Waals surface area contributed by atoms with Crippen LogP contribution in [0.4, 0.5) is 5.69 Å². The van der Waals surface area contributed by atoms with Crippen LogP contribution < -0.4 is 19.1 Å². The van der Waals surface area contributed by atoms with Crippen molar-refractivity contribution in [3.63, 3.8) is 0 Å².